The van der Waals surface area contributed by atoms with E-state index in [1.807, 2.05) is 0 Å². The van der Waals surface area contributed by atoms with Gasteiger partial charge in [-0.15, -0.1) is 0 Å². The molecule has 0 fully saturated rings. The second kappa shape index (κ2) is 14.9. The number of hydrogen-bond donors (Lipinski definition) is 0. The molecular formula is C14H27NaO6S. The molecule has 0 amide bonds. The van der Waals surface area contributed by atoms with Crippen LogP contribution in [0.5, 0.6) is 0 Å². The fourth-order valence-electron chi connectivity index (χ4n) is 2.08. The van der Waals surface area contributed by atoms with Crippen molar-refractivity contribution in [2.75, 3.05) is 6.61 Å². The van der Waals surface area contributed by atoms with Crippen molar-refractivity contribution in [3.8, 4) is 0 Å². The van der Waals surface area contributed by atoms with Gasteiger partial charge in [-0.1, -0.05) is 51.9 Å². The van der Waals surface area contributed by atoms with Gasteiger partial charge in [0.1, 0.15) is 12.7 Å². The number of carbonyl (C=O) groups excluding carboxylic acids is 1. The monoisotopic (exact) mass is 346 g/mol. The van der Waals surface area contributed by atoms with E-state index in [9.17, 15) is 17.8 Å². The summed E-state index contributed by atoms with van der Waals surface area (Å²) in [5.74, 6) is -0.508. The predicted octanol–water partition coefficient (Wildman–Crippen LogP) is -0.0703. The van der Waals surface area contributed by atoms with Crippen molar-refractivity contribution in [2.24, 2.45) is 0 Å². The average molecular weight is 346 g/mol. The van der Waals surface area contributed by atoms with Gasteiger partial charge in [0.05, 0.1) is 0 Å². The Morgan fingerprint density at radius 2 is 1.55 bits per heavy atom. The molecule has 0 aliphatic heterocycles. The summed E-state index contributed by atoms with van der Waals surface area (Å²) < 4.78 is 40.3. The van der Waals surface area contributed by atoms with Crippen LogP contribution < -0.4 is 29.6 Å². The fraction of sp³-hybridized carbons (Fsp3) is 0.929. The third-order valence-corrected chi connectivity index (χ3v) is 3.54. The van der Waals surface area contributed by atoms with Gasteiger partial charge in [-0.25, -0.2) is 8.42 Å². The zero-order chi connectivity index (χ0) is 16.1. The fourth-order valence-corrected chi connectivity index (χ4v) is 2.39. The first-order chi connectivity index (χ1) is 9.85. The minimum absolute atomic E-state index is 0. The number of esters is 1. The van der Waals surface area contributed by atoms with Gasteiger partial charge in [0.2, 0.25) is 10.4 Å². The maximum Gasteiger partial charge on any atom is 1.00 e. The first-order valence-corrected chi connectivity index (χ1v) is 8.96. The molecule has 0 saturated heterocycles. The van der Waals surface area contributed by atoms with E-state index in [1.54, 1.807) is 0 Å². The van der Waals surface area contributed by atoms with Crippen LogP contribution in [0.3, 0.4) is 0 Å². The third kappa shape index (κ3) is 18.4. The van der Waals surface area contributed by atoms with Crippen LogP contribution in [-0.4, -0.2) is 31.7 Å². The normalized spacial score (nSPS) is 12.5. The molecular weight excluding hydrogens is 319 g/mol. The minimum atomic E-state index is -4.74. The second-order valence-corrected chi connectivity index (χ2v) is 6.24. The summed E-state index contributed by atoms with van der Waals surface area (Å²) >= 11 is 0. The van der Waals surface area contributed by atoms with Crippen molar-refractivity contribution >= 4 is 16.4 Å². The number of ether oxygens (including phenoxy) is 1. The SMILES string of the molecule is CCCCCCCCCCC(COS(=O)(=O)[O-])OC(C)=O.[Na+]. The van der Waals surface area contributed by atoms with E-state index in [1.165, 1.54) is 39.0 Å². The zero-order valence-electron chi connectivity index (χ0n) is 14.0. The van der Waals surface area contributed by atoms with E-state index in [2.05, 4.69) is 11.1 Å². The van der Waals surface area contributed by atoms with Crippen LogP contribution >= 0.6 is 0 Å². The minimum Gasteiger partial charge on any atom is -0.726 e. The van der Waals surface area contributed by atoms with Crippen molar-refractivity contribution in [3.05, 3.63) is 0 Å². The van der Waals surface area contributed by atoms with Crippen LogP contribution in [0.1, 0.15) is 71.6 Å². The Hall–Kier alpha value is 0.340. The van der Waals surface area contributed by atoms with Crippen LogP contribution in [0.25, 0.3) is 0 Å². The van der Waals surface area contributed by atoms with Gasteiger partial charge >= 0.3 is 35.5 Å². The molecule has 0 aromatic rings. The molecule has 0 spiro atoms. The van der Waals surface area contributed by atoms with Gasteiger partial charge in [0.15, 0.2) is 0 Å². The molecule has 1 atom stereocenters. The summed E-state index contributed by atoms with van der Waals surface area (Å²) in [6, 6.07) is 0. The third-order valence-electron chi connectivity index (χ3n) is 3.11. The molecule has 0 rings (SSSR count). The van der Waals surface area contributed by atoms with Crippen molar-refractivity contribution in [2.45, 2.75) is 77.7 Å². The largest absolute Gasteiger partial charge is 1.00 e. The quantitative estimate of drug-likeness (QED) is 0.152. The molecule has 0 aliphatic carbocycles. The van der Waals surface area contributed by atoms with E-state index in [4.69, 9.17) is 4.74 Å². The Morgan fingerprint density at radius 3 is 2.00 bits per heavy atom. The van der Waals surface area contributed by atoms with Crippen molar-refractivity contribution < 1.29 is 56.2 Å². The van der Waals surface area contributed by atoms with Crippen molar-refractivity contribution in [3.63, 3.8) is 0 Å². The maximum absolute atomic E-state index is 10.9. The van der Waals surface area contributed by atoms with Gasteiger partial charge in [0, 0.05) is 6.92 Å². The molecule has 126 valence electrons. The summed E-state index contributed by atoms with van der Waals surface area (Å²) in [4.78, 5) is 10.9. The van der Waals surface area contributed by atoms with E-state index in [0.717, 1.165) is 19.3 Å². The van der Waals surface area contributed by atoms with Gasteiger partial charge in [0.25, 0.3) is 0 Å². The summed E-state index contributed by atoms with van der Waals surface area (Å²) in [5.41, 5.74) is 0. The van der Waals surface area contributed by atoms with Crippen LogP contribution in [0.4, 0.5) is 0 Å². The van der Waals surface area contributed by atoms with E-state index < -0.39 is 29.1 Å². The molecule has 0 heterocycles. The Kier molecular flexibility index (Phi) is 16.7. The molecule has 22 heavy (non-hydrogen) atoms. The summed E-state index contributed by atoms with van der Waals surface area (Å²) in [5, 5.41) is 0. The average Bonchev–Trinajstić information content (AvgIpc) is 2.37. The molecule has 0 N–H and O–H groups in total. The zero-order valence-corrected chi connectivity index (χ0v) is 16.8. The van der Waals surface area contributed by atoms with E-state index in [-0.39, 0.29) is 29.6 Å². The van der Waals surface area contributed by atoms with Gasteiger partial charge in [-0.3, -0.25) is 8.98 Å². The first kappa shape index (κ1) is 24.6. The molecule has 0 radical (unpaired) electrons. The Bertz CT molecular complexity index is 372. The Labute approximate surface area is 156 Å². The summed E-state index contributed by atoms with van der Waals surface area (Å²) in [6.07, 6.45) is 8.93. The summed E-state index contributed by atoms with van der Waals surface area (Å²) in [6.45, 7) is 3.02. The standard InChI is InChI=1S/C14H28O6S.Na/c1-3-4-5-6-7-8-9-10-11-14(20-13(2)15)12-19-21(16,17)18;/h14H,3-12H2,1-2H3,(H,16,17,18);/q;+1/p-1. The number of carbonyl (C=O) groups is 1. The van der Waals surface area contributed by atoms with Gasteiger partial charge < -0.3 is 9.29 Å². The number of unbranched alkanes of at least 4 members (excludes halogenated alkanes) is 7. The van der Waals surface area contributed by atoms with E-state index in [0.29, 0.717) is 6.42 Å². The molecule has 1 unspecified atom stereocenters. The molecule has 0 aromatic heterocycles. The molecule has 6 nitrogen and oxygen atoms in total. The number of rotatable bonds is 13. The van der Waals surface area contributed by atoms with Crippen LogP contribution in [0.2, 0.25) is 0 Å². The number of hydrogen-bond acceptors (Lipinski definition) is 6. The van der Waals surface area contributed by atoms with Crippen molar-refractivity contribution in [1.82, 2.24) is 0 Å². The second-order valence-electron chi connectivity index (χ2n) is 5.19. The molecule has 0 bridgehead atoms. The first-order valence-electron chi connectivity index (χ1n) is 7.62. The van der Waals surface area contributed by atoms with Crippen LogP contribution in [0.15, 0.2) is 0 Å². The molecule has 0 aromatic carbocycles. The predicted molar refractivity (Wildman–Crippen MR) is 78.4 cm³/mol. The summed E-state index contributed by atoms with van der Waals surface area (Å²) in [7, 11) is -4.74. The topological polar surface area (TPSA) is 92.7 Å². The molecule has 0 aliphatic rings. The van der Waals surface area contributed by atoms with Crippen molar-refractivity contribution in [1.29, 1.82) is 0 Å². The van der Waals surface area contributed by atoms with Gasteiger partial charge in [-0.2, -0.15) is 0 Å². The smallest absolute Gasteiger partial charge is 0.726 e. The van der Waals surface area contributed by atoms with Gasteiger partial charge in [-0.05, 0) is 12.8 Å². The van der Waals surface area contributed by atoms with E-state index >= 15 is 0 Å². The van der Waals surface area contributed by atoms with Crippen LogP contribution in [0, 0.1) is 0 Å². The molecule has 0 saturated carbocycles. The van der Waals surface area contributed by atoms with Crippen LogP contribution in [-0.2, 0) is 24.1 Å². The molecule has 8 heteroatoms. The Balaban J connectivity index is 0. The maximum atomic E-state index is 10.9. The Morgan fingerprint density at radius 1 is 1.05 bits per heavy atom.